The lowest BCUT2D eigenvalue weighted by molar-refractivity contribution is -0.142. The Morgan fingerprint density at radius 2 is 0.864 bits per heavy atom. The first-order chi connectivity index (χ1) is 20.9. The minimum Gasteiger partial charge on any atom is -0.481 e. The number of unbranched alkanes of at least 4 members (excludes halogenated alkanes) is 15. The Hall–Kier alpha value is -2.98. The van der Waals surface area contributed by atoms with Gasteiger partial charge in [-0.2, -0.15) is 0 Å². The van der Waals surface area contributed by atoms with Gasteiger partial charge in [-0.3, -0.25) is 14.4 Å². The second-order valence-electron chi connectivity index (χ2n) is 11.5. The Morgan fingerprint density at radius 1 is 0.500 bits per heavy atom. The highest BCUT2D eigenvalue weighted by Gasteiger charge is 2.19. The Bertz CT molecular complexity index is 817. The van der Waals surface area contributed by atoms with Gasteiger partial charge < -0.3 is 30.7 Å². The number of amides is 2. The van der Waals surface area contributed by atoms with Gasteiger partial charge in [0.25, 0.3) is 0 Å². The van der Waals surface area contributed by atoms with Crippen molar-refractivity contribution in [3.8, 4) is 0 Å². The van der Waals surface area contributed by atoms with Gasteiger partial charge in [0.15, 0.2) is 0 Å². The molecule has 0 aliphatic carbocycles. The van der Waals surface area contributed by atoms with E-state index in [0.29, 0.717) is 19.3 Å². The molecule has 0 fully saturated rings. The van der Waals surface area contributed by atoms with E-state index < -0.39 is 30.0 Å². The van der Waals surface area contributed by atoms with Crippen LogP contribution in [0.3, 0.4) is 0 Å². The van der Waals surface area contributed by atoms with Gasteiger partial charge in [-0.1, -0.05) is 104 Å². The molecule has 256 valence electrons. The number of nitrogens with one attached hydrogen (secondary N) is 2. The third-order valence-corrected chi connectivity index (χ3v) is 7.33. The number of aliphatic carboxylic acids is 3. The van der Waals surface area contributed by atoms with Crippen LogP contribution < -0.4 is 10.6 Å². The van der Waals surface area contributed by atoms with Crippen LogP contribution in [0, 0.1) is 0 Å². The molecule has 0 saturated carbocycles. The Labute approximate surface area is 264 Å². The zero-order valence-electron chi connectivity index (χ0n) is 27.5. The monoisotopic (exact) mass is 628 g/mol. The lowest BCUT2D eigenvalue weighted by Crippen LogP contribution is -2.40. The Kier molecular flexibility index (Phi) is 29.5. The summed E-state index contributed by atoms with van der Waals surface area (Å²) in [6, 6.07) is -1.71. The molecular weight excluding hydrogens is 568 g/mol. The second kappa shape index (κ2) is 30.1. The number of hydrogen-bond donors (Lipinski definition) is 5. The third-order valence-electron chi connectivity index (χ3n) is 7.33. The van der Waals surface area contributed by atoms with Crippen LogP contribution in [0.5, 0.6) is 0 Å². The predicted octanol–water partition coefficient (Wildman–Crippen LogP) is 6.41. The van der Waals surface area contributed by atoms with E-state index in [1.807, 2.05) is 0 Å². The molecule has 2 amide bonds. The van der Waals surface area contributed by atoms with Crippen molar-refractivity contribution in [2.24, 2.45) is 0 Å². The van der Waals surface area contributed by atoms with E-state index in [-0.39, 0.29) is 36.9 Å². The number of carbonyl (C=O) groups is 6. The van der Waals surface area contributed by atoms with Crippen LogP contribution in [0.4, 0.5) is 0 Å². The fourth-order valence-corrected chi connectivity index (χ4v) is 4.54. The van der Waals surface area contributed by atoms with E-state index >= 15 is 0 Å². The first-order valence-electron chi connectivity index (χ1n) is 16.7. The summed E-state index contributed by atoms with van der Waals surface area (Å²) in [6.07, 6.45) is 20.6. The number of carboxylic acid groups (broad SMARTS) is 3. The van der Waals surface area contributed by atoms with Crippen molar-refractivity contribution in [2.75, 3.05) is 0 Å². The number of ketones is 1. The predicted molar refractivity (Wildman–Crippen MR) is 170 cm³/mol. The summed E-state index contributed by atoms with van der Waals surface area (Å²) in [5.41, 5.74) is 0. The van der Waals surface area contributed by atoms with E-state index in [2.05, 4.69) is 10.6 Å². The summed E-state index contributed by atoms with van der Waals surface area (Å²) in [4.78, 5) is 65.2. The third kappa shape index (κ3) is 30.5. The van der Waals surface area contributed by atoms with Gasteiger partial charge in [-0.05, 0) is 32.6 Å². The molecular formula is C33H60N2O9. The average Bonchev–Trinajstić information content (AvgIpc) is 2.96. The summed E-state index contributed by atoms with van der Waals surface area (Å²) >= 11 is 0. The van der Waals surface area contributed by atoms with Crippen LogP contribution in [-0.2, 0) is 28.8 Å². The van der Waals surface area contributed by atoms with Crippen LogP contribution in [-0.4, -0.2) is 62.9 Å². The molecule has 11 heteroatoms. The van der Waals surface area contributed by atoms with Crippen molar-refractivity contribution in [2.45, 2.75) is 174 Å². The number of carboxylic acids is 3. The van der Waals surface area contributed by atoms with E-state index in [4.69, 9.17) is 15.3 Å². The Morgan fingerprint density at radius 3 is 1.18 bits per heavy atom. The molecule has 0 unspecified atom stereocenters. The molecule has 0 aliphatic heterocycles. The van der Waals surface area contributed by atoms with E-state index in [1.165, 1.54) is 77.6 Å². The molecule has 2 atom stereocenters. The lowest BCUT2D eigenvalue weighted by Gasteiger charge is -2.12. The van der Waals surface area contributed by atoms with Gasteiger partial charge in [0.2, 0.25) is 11.8 Å². The van der Waals surface area contributed by atoms with E-state index in [9.17, 15) is 28.8 Å². The quantitative estimate of drug-likeness (QED) is 0.0610. The van der Waals surface area contributed by atoms with Gasteiger partial charge in [-0.15, -0.1) is 0 Å². The number of rotatable bonds is 28. The maximum atomic E-state index is 11.7. The number of carbonyl (C=O) groups excluding carboxylic acids is 3. The molecule has 0 saturated heterocycles. The van der Waals surface area contributed by atoms with Crippen LogP contribution in [0.15, 0.2) is 0 Å². The molecule has 0 spiro atoms. The topological polar surface area (TPSA) is 187 Å². The number of Topliss-reactive ketones (excluding diaryl/α,β-unsaturated/α-hetero) is 1. The zero-order valence-corrected chi connectivity index (χ0v) is 27.5. The summed E-state index contributed by atoms with van der Waals surface area (Å²) in [7, 11) is 0. The molecule has 44 heavy (non-hydrogen) atoms. The van der Waals surface area contributed by atoms with Gasteiger partial charge in [0, 0.05) is 25.7 Å². The number of hydrogen-bond acceptors (Lipinski definition) is 6. The first-order valence-corrected chi connectivity index (χ1v) is 16.7. The zero-order chi connectivity index (χ0) is 33.6. The van der Waals surface area contributed by atoms with Crippen LogP contribution in [0.2, 0.25) is 0 Å². The highest BCUT2D eigenvalue weighted by molar-refractivity contribution is 5.84. The van der Waals surface area contributed by atoms with Crippen LogP contribution >= 0.6 is 0 Å². The maximum Gasteiger partial charge on any atom is 0.326 e. The minimum atomic E-state index is -1.10. The van der Waals surface area contributed by atoms with Gasteiger partial charge in [0.05, 0.1) is 0 Å². The Balaban J connectivity index is 0. The molecule has 0 bridgehead atoms. The van der Waals surface area contributed by atoms with Crippen LogP contribution in [0.1, 0.15) is 162 Å². The minimum absolute atomic E-state index is 0.0815. The fourth-order valence-electron chi connectivity index (χ4n) is 4.54. The second-order valence-corrected chi connectivity index (χ2v) is 11.5. The molecule has 11 nitrogen and oxygen atoms in total. The van der Waals surface area contributed by atoms with E-state index in [1.54, 1.807) is 13.8 Å². The lowest BCUT2D eigenvalue weighted by atomic mass is 10.0. The van der Waals surface area contributed by atoms with Gasteiger partial charge in [0.1, 0.15) is 17.9 Å². The van der Waals surface area contributed by atoms with Gasteiger partial charge in [-0.25, -0.2) is 9.59 Å². The molecule has 0 heterocycles. The SMILES string of the molecule is CCC(=O)N[C@@H](CCC(C)=O)C(=O)O.CC[C@H](NC(=O)CCCCCCCCCCCCCCCCCCC(=O)O)C(=O)O. The summed E-state index contributed by atoms with van der Waals surface area (Å²) < 4.78 is 0. The maximum absolute atomic E-state index is 11.7. The fraction of sp³-hybridized carbons (Fsp3) is 0.818. The molecule has 0 aromatic rings. The standard InChI is InChI=1S/C24H45NO5.C9H15NO4/c1-2-21(24(29)30)25-22(26)19-17-15-13-11-9-7-5-3-4-6-8-10-12-14-16-18-20-23(27)28;1-3-8(12)10-7(9(13)14)5-4-6(2)11/h21H,2-20H2,1H3,(H,25,26)(H,27,28)(H,29,30);7H,3-5H2,1-2H3,(H,10,12)(H,13,14)/t21-;7-/m00/s1. The van der Waals surface area contributed by atoms with Gasteiger partial charge >= 0.3 is 17.9 Å². The highest BCUT2D eigenvalue weighted by atomic mass is 16.4. The molecule has 0 aromatic carbocycles. The van der Waals surface area contributed by atoms with Crippen molar-refractivity contribution in [3.63, 3.8) is 0 Å². The largest absolute Gasteiger partial charge is 0.481 e. The van der Waals surface area contributed by atoms with Crippen molar-refractivity contribution >= 4 is 35.5 Å². The summed E-state index contributed by atoms with van der Waals surface area (Å²) in [6.45, 7) is 4.79. The average molecular weight is 629 g/mol. The summed E-state index contributed by atoms with van der Waals surface area (Å²) in [5.74, 6) is -3.30. The molecule has 0 aliphatic rings. The molecule has 0 radical (unpaired) electrons. The van der Waals surface area contributed by atoms with Crippen LogP contribution in [0.25, 0.3) is 0 Å². The molecule has 0 rings (SSSR count). The normalized spacial score (nSPS) is 11.9. The molecule has 0 aromatic heterocycles. The van der Waals surface area contributed by atoms with Crippen molar-refractivity contribution in [1.29, 1.82) is 0 Å². The van der Waals surface area contributed by atoms with Crippen molar-refractivity contribution in [3.05, 3.63) is 0 Å². The highest BCUT2D eigenvalue weighted by Crippen LogP contribution is 2.14. The van der Waals surface area contributed by atoms with Crippen molar-refractivity contribution < 1.29 is 44.1 Å². The smallest absolute Gasteiger partial charge is 0.326 e. The first kappa shape index (κ1) is 43.1. The van der Waals surface area contributed by atoms with Crippen molar-refractivity contribution in [1.82, 2.24) is 10.6 Å². The summed E-state index contributed by atoms with van der Waals surface area (Å²) in [5, 5.41) is 31.1. The van der Waals surface area contributed by atoms with E-state index in [0.717, 1.165) is 32.1 Å². The molecule has 5 N–H and O–H groups in total.